The van der Waals surface area contributed by atoms with Gasteiger partial charge in [0, 0.05) is 12.4 Å². The zero-order valence-corrected chi connectivity index (χ0v) is 10.7. The summed E-state index contributed by atoms with van der Waals surface area (Å²) in [5.74, 6) is -0.512. The van der Waals surface area contributed by atoms with Gasteiger partial charge >= 0.3 is 5.97 Å². The van der Waals surface area contributed by atoms with Crippen LogP contribution in [-0.4, -0.2) is 30.7 Å². The molecule has 6 heteroatoms. The van der Waals surface area contributed by atoms with Crippen molar-refractivity contribution in [3.8, 4) is 0 Å². The van der Waals surface area contributed by atoms with Crippen molar-refractivity contribution in [3.63, 3.8) is 0 Å². The molecule has 18 heavy (non-hydrogen) atoms. The van der Waals surface area contributed by atoms with Crippen molar-refractivity contribution in [3.05, 3.63) is 23.9 Å². The lowest BCUT2D eigenvalue weighted by molar-refractivity contribution is -0.139. The van der Waals surface area contributed by atoms with Crippen LogP contribution in [0.25, 0.3) is 5.65 Å². The number of aromatic nitrogens is 4. The summed E-state index contributed by atoms with van der Waals surface area (Å²) in [6, 6.07) is 0. The molecule has 1 unspecified atom stereocenters. The van der Waals surface area contributed by atoms with Crippen LogP contribution >= 0.6 is 0 Å². The van der Waals surface area contributed by atoms with Gasteiger partial charge in [-0.3, -0.25) is 14.2 Å². The molecular formula is C12H16N4O2. The standard InChI is InChI=1S/C12H16N4O2/c1-7(2)6-9(12(17)18)10-11-15-14-8(3)16(11)5-4-13-10/h4-5,7,9H,6H2,1-3H3,(H,17,18). The Morgan fingerprint density at radius 3 is 2.78 bits per heavy atom. The summed E-state index contributed by atoms with van der Waals surface area (Å²) in [7, 11) is 0. The molecule has 1 N–H and O–H groups in total. The number of hydrogen-bond donors (Lipinski definition) is 1. The minimum atomic E-state index is -0.870. The van der Waals surface area contributed by atoms with Crippen LogP contribution in [0, 0.1) is 12.8 Å². The maximum absolute atomic E-state index is 11.4. The van der Waals surface area contributed by atoms with Gasteiger partial charge in [0.15, 0.2) is 5.65 Å². The fourth-order valence-electron chi connectivity index (χ4n) is 2.01. The molecular weight excluding hydrogens is 232 g/mol. The Balaban J connectivity index is 2.53. The predicted octanol–water partition coefficient (Wildman–Crippen LogP) is 1.65. The summed E-state index contributed by atoms with van der Waals surface area (Å²) in [6.45, 7) is 5.80. The highest BCUT2D eigenvalue weighted by Crippen LogP contribution is 2.25. The maximum Gasteiger partial charge on any atom is 0.312 e. The smallest absolute Gasteiger partial charge is 0.312 e. The second-order valence-electron chi connectivity index (χ2n) is 4.77. The van der Waals surface area contributed by atoms with E-state index in [9.17, 15) is 9.90 Å². The lowest BCUT2D eigenvalue weighted by atomic mass is 9.94. The average molecular weight is 248 g/mol. The van der Waals surface area contributed by atoms with E-state index in [2.05, 4.69) is 15.2 Å². The first-order chi connectivity index (χ1) is 8.50. The molecule has 2 aromatic heterocycles. The molecule has 2 heterocycles. The van der Waals surface area contributed by atoms with Crippen LogP contribution in [0.2, 0.25) is 0 Å². The summed E-state index contributed by atoms with van der Waals surface area (Å²) in [4.78, 5) is 15.6. The summed E-state index contributed by atoms with van der Waals surface area (Å²) in [5, 5.41) is 17.3. The van der Waals surface area contributed by atoms with E-state index in [0.717, 1.165) is 5.82 Å². The van der Waals surface area contributed by atoms with Gasteiger partial charge in [-0.15, -0.1) is 10.2 Å². The second-order valence-corrected chi connectivity index (χ2v) is 4.77. The summed E-state index contributed by atoms with van der Waals surface area (Å²) < 4.78 is 1.76. The number of hydrogen-bond acceptors (Lipinski definition) is 4. The van der Waals surface area contributed by atoms with Crippen molar-refractivity contribution in [1.29, 1.82) is 0 Å². The molecule has 0 spiro atoms. The average Bonchev–Trinajstić information content (AvgIpc) is 2.68. The van der Waals surface area contributed by atoms with E-state index in [1.165, 1.54) is 0 Å². The Labute approximate surface area is 105 Å². The molecule has 0 saturated heterocycles. The Morgan fingerprint density at radius 2 is 2.17 bits per heavy atom. The van der Waals surface area contributed by atoms with Gasteiger partial charge in [0.25, 0.3) is 0 Å². The molecule has 0 aliphatic heterocycles. The number of carboxylic acids is 1. The fraction of sp³-hybridized carbons (Fsp3) is 0.500. The zero-order chi connectivity index (χ0) is 13.3. The molecule has 2 rings (SSSR count). The Morgan fingerprint density at radius 1 is 1.44 bits per heavy atom. The topological polar surface area (TPSA) is 80.4 Å². The number of rotatable bonds is 4. The summed E-state index contributed by atoms with van der Waals surface area (Å²) >= 11 is 0. The van der Waals surface area contributed by atoms with Crippen molar-refractivity contribution < 1.29 is 9.90 Å². The van der Waals surface area contributed by atoms with Crippen LogP contribution in [0.1, 0.15) is 37.7 Å². The highest BCUT2D eigenvalue weighted by molar-refractivity contribution is 5.77. The molecule has 0 radical (unpaired) electrons. The largest absolute Gasteiger partial charge is 0.481 e. The predicted molar refractivity (Wildman–Crippen MR) is 65.4 cm³/mol. The molecule has 1 atom stereocenters. The van der Waals surface area contributed by atoms with Gasteiger partial charge in [-0.2, -0.15) is 0 Å². The highest BCUT2D eigenvalue weighted by atomic mass is 16.4. The number of carboxylic acid groups (broad SMARTS) is 1. The normalized spacial score (nSPS) is 13.1. The van der Waals surface area contributed by atoms with Crippen LogP contribution in [-0.2, 0) is 4.79 Å². The third-order valence-corrected chi connectivity index (χ3v) is 2.86. The molecule has 0 amide bonds. The van der Waals surface area contributed by atoms with Gasteiger partial charge in [-0.05, 0) is 19.3 Å². The molecule has 0 bridgehead atoms. The third-order valence-electron chi connectivity index (χ3n) is 2.86. The summed E-state index contributed by atoms with van der Waals surface area (Å²) in [6.07, 6.45) is 3.87. The SMILES string of the molecule is Cc1nnc2c(C(CC(C)C)C(=O)O)nccn12. The third kappa shape index (κ3) is 2.18. The second kappa shape index (κ2) is 4.72. The van der Waals surface area contributed by atoms with Gasteiger partial charge in [0.05, 0.1) is 5.69 Å². The molecule has 0 aliphatic rings. The number of fused-ring (bicyclic) bond motifs is 1. The molecule has 0 saturated carbocycles. The van der Waals surface area contributed by atoms with Crippen LogP contribution in [0.15, 0.2) is 12.4 Å². The molecule has 96 valence electrons. The van der Waals surface area contributed by atoms with E-state index in [1.807, 2.05) is 20.8 Å². The Bertz CT molecular complexity index is 576. The number of carbonyl (C=O) groups is 1. The van der Waals surface area contributed by atoms with Gasteiger partial charge in [0.1, 0.15) is 11.7 Å². The summed E-state index contributed by atoms with van der Waals surface area (Å²) in [5.41, 5.74) is 1.02. The van der Waals surface area contributed by atoms with Crippen LogP contribution in [0.3, 0.4) is 0 Å². The number of nitrogens with zero attached hydrogens (tertiary/aromatic N) is 4. The van der Waals surface area contributed by atoms with E-state index in [-0.39, 0.29) is 5.92 Å². The van der Waals surface area contributed by atoms with E-state index >= 15 is 0 Å². The van der Waals surface area contributed by atoms with E-state index in [0.29, 0.717) is 17.8 Å². The first-order valence-electron chi connectivity index (χ1n) is 5.89. The Kier molecular flexibility index (Phi) is 3.27. The molecule has 0 fully saturated rings. The molecule has 2 aromatic rings. The van der Waals surface area contributed by atoms with E-state index in [4.69, 9.17) is 0 Å². The van der Waals surface area contributed by atoms with E-state index < -0.39 is 11.9 Å². The monoisotopic (exact) mass is 248 g/mol. The van der Waals surface area contributed by atoms with Crippen molar-refractivity contribution in [1.82, 2.24) is 19.6 Å². The van der Waals surface area contributed by atoms with Gasteiger partial charge < -0.3 is 5.11 Å². The van der Waals surface area contributed by atoms with Crippen LogP contribution < -0.4 is 0 Å². The van der Waals surface area contributed by atoms with Gasteiger partial charge in [0.2, 0.25) is 0 Å². The van der Waals surface area contributed by atoms with Crippen LogP contribution in [0.5, 0.6) is 0 Å². The van der Waals surface area contributed by atoms with Crippen molar-refractivity contribution >= 4 is 11.6 Å². The van der Waals surface area contributed by atoms with Gasteiger partial charge in [-0.25, -0.2) is 0 Å². The molecule has 0 aliphatic carbocycles. The first kappa shape index (κ1) is 12.5. The fourth-order valence-corrected chi connectivity index (χ4v) is 2.01. The minimum absolute atomic E-state index is 0.275. The van der Waals surface area contributed by atoms with Crippen molar-refractivity contribution in [2.45, 2.75) is 33.1 Å². The lowest BCUT2D eigenvalue weighted by Gasteiger charge is -2.14. The minimum Gasteiger partial charge on any atom is -0.481 e. The lowest BCUT2D eigenvalue weighted by Crippen LogP contribution is -2.16. The van der Waals surface area contributed by atoms with Crippen LogP contribution in [0.4, 0.5) is 0 Å². The highest BCUT2D eigenvalue weighted by Gasteiger charge is 2.26. The molecule has 6 nitrogen and oxygen atoms in total. The number of aryl methyl sites for hydroxylation is 1. The zero-order valence-electron chi connectivity index (χ0n) is 10.7. The van der Waals surface area contributed by atoms with Crippen molar-refractivity contribution in [2.24, 2.45) is 5.92 Å². The number of aliphatic carboxylic acids is 1. The van der Waals surface area contributed by atoms with Crippen molar-refractivity contribution in [2.75, 3.05) is 0 Å². The Hall–Kier alpha value is -1.98. The van der Waals surface area contributed by atoms with Gasteiger partial charge in [-0.1, -0.05) is 13.8 Å². The quantitative estimate of drug-likeness (QED) is 0.889. The first-order valence-corrected chi connectivity index (χ1v) is 5.89. The molecule has 0 aromatic carbocycles. The maximum atomic E-state index is 11.4. The van der Waals surface area contributed by atoms with E-state index in [1.54, 1.807) is 16.8 Å².